The Kier molecular flexibility index (Phi) is 5.38. The summed E-state index contributed by atoms with van der Waals surface area (Å²) in [5, 5.41) is 0. The van der Waals surface area contributed by atoms with Crippen LogP contribution < -0.4 is 9.46 Å². The van der Waals surface area contributed by atoms with Gasteiger partial charge in [-0.25, -0.2) is 13.1 Å². The summed E-state index contributed by atoms with van der Waals surface area (Å²) >= 11 is 0. The van der Waals surface area contributed by atoms with Crippen molar-refractivity contribution in [1.29, 1.82) is 0 Å². The molecule has 0 spiro atoms. The first-order valence-corrected chi connectivity index (χ1v) is 8.06. The van der Waals surface area contributed by atoms with Gasteiger partial charge in [-0.15, -0.1) is 0 Å². The molecule has 4 nitrogen and oxygen atoms in total. The van der Waals surface area contributed by atoms with Gasteiger partial charge in [0.25, 0.3) is 0 Å². The first kappa shape index (κ1) is 16.0. The maximum absolute atomic E-state index is 12.3. The fourth-order valence-electron chi connectivity index (χ4n) is 1.78. The van der Waals surface area contributed by atoms with Gasteiger partial charge in [-0.2, -0.15) is 0 Å². The van der Waals surface area contributed by atoms with Crippen LogP contribution in [0.5, 0.6) is 5.75 Å². The van der Waals surface area contributed by atoms with Crippen LogP contribution in [0.25, 0.3) is 0 Å². The minimum Gasteiger partial charge on any atom is -0.494 e. The van der Waals surface area contributed by atoms with Gasteiger partial charge in [0.2, 0.25) is 10.0 Å². The van der Waals surface area contributed by atoms with E-state index in [1.54, 1.807) is 19.1 Å². The number of rotatable bonds is 6. The zero-order valence-electron chi connectivity index (χ0n) is 12.3. The summed E-state index contributed by atoms with van der Waals surface area (Å²) in [4.78, 5) is 0.328. The van der Waals surface area contributed by atoms with Crippen molar-refractivity contribution in [1.82, 2.24) is 4.72 Å². The largest absolute Gasteiger partial charge is 0.494 e. The molecule has 0 radical (unpaired) electrons. The van der Waals surface area contributed by atoms with Crippen LogP contribution in [0.2, 0.25) is 0 Å². The van der Waals surface area contributed by atoms with E-state index in [0.29, 0.717) is 17.1 Å². The molecule has 0 amide bonds. The Morgan fingerprint density at radius 1 is 1.21 bits per heavy atom. The molecule has 0 aliphatic heterocycles. The number of sulfonamides is 1. The van der Waals surface area contributed by atoms with Crippen LogP contribution in [-0.2, 0) is 10.0 Å². The van der Waals surface area contributed by atoms with Crippen molar-refractivity contribution in [2.24, 2.45) is 0 Å². The van der Waals surface area contributed by atoms with Gasteiger partial charge in [0.15, 0.2) is 0 Å². The first-order valence-electron chi connectivity index (χ1n) is 6.58. The summed E-state index contributed by atoms with van der Waals surface area (Å²) in [5.41, 5.74) is 1.53. The van der Waals surface area contributed by atoms with E-state index < -0.39 is 10.0 Å². The molecule has 0 aliphatic rings. The van der Waals surface area contributed by atoms with Crippen LogP contribution in [0.15, 0.2) is 17.0 Å². The van der Waals surface area contributed by atoms with Crippen molar-refractivity contribution < 1.29 is 13.2 Å². The molecule has 0 saturated carbocycles. The third-order valence-corrected chi connectivity index (χ3v) is 4.76. The lowest BCUT2D eigenvalue weighted by Gasteiger charge is -2.16. The van der Waals surface area contributed by atoms with E-state index in [2.05, 4.69) is 4.72 Å². The molecule has 1 aromatic rings. The lowest BCUT2D eigenvalue weighted by atomic mass is 10.1. The molecule has 0 unspecified atom stereocenters. The Hall–Kier alpha value is -1.07. The standard InChI is InChI=1S/C14H23NO3S/c1-6-12(5)15-19(16,17)14-9-10(3)13(18-7-2)8-11(14)4/h8-9,12,15H,6-7H2,1-5H3/t12-/m0/s1. The molecule has 19 heavy (non-hydrogen) atoms. The van der Waals surface area contributed by atoms with Crippen LogP contribution in [0.1, 0.15) is 38.3 Å². The molecule has 1 N–H and O–H groups in total. The Bertz CT molecular complexity index is 538. The maximum Gasteiger partial charge on any atom is 0.241 e. The van der Waals surface area contributed by atoms with Crippen molar-refractivity contribution in [3.63, 3.8) is 0 Å². The van der Waals surface area contributed by atoms with E-state index in [-0.39, 0.29) is 6.04 Å². The third-order valence-electron chi connectivity index (χ3n) is 3.03. The molecule has 0 saturated heterocycles. The van der Waals surface area contributed by atoms with Crippen molar-refractivity contribution in [2.75, 3.05) is 6.61 Å². The summed E-state index contributed by atoms with van der Waals surface area (Å²) in [6, 6.07) is 3.38. The van der Waals surface area contributed by atoms with Gasteiger partial charge >= 0.3 is 0 Å². The summed E-state index contributed by atoms with van der Waals surface area (Å²) in [5.74, 6) is 0.738. The minimum atomic E-state index is -3.46. The second-order valence-electron chi connectivity index (χ2n) is 4.75. The molecule has 1 aromatic carbocycles. The molecule has 108 valence electrons. The number of ether oxygens (including phenoxy) is 1. The summed E-state index contributed by atoms with van der Waals surface area (Å²) in [6.07, 6.45) is 0.758. The number of nitrogens with one attached hydrogen (secondary N) is 1. The highest BCUT2D eigenvalue weighted by Crippen LogP contribution is 2.26. The van der Waals surface area contributed by atoms with E-state index in [9.17, 15) is 8.42 Å². The average molecular weight is 285 g/mol. The Labute approximate surface area is 116 Å². The Balaban J connectivity index is 3.17. The van der Waals surface area contributed by atoms with Crippen molar-refractivity contribution >= 4 is 10.0 Å². The van der Waals surface area contributed by atoms with E-state index in [1.807, 2.05) is 27.7 Å². The summed E-state index contributed by atoms with van der Waals surface area (Å²) in [6.45, 7) is 9.92. The molecular weight excluding hydrogens is 262 g/mol. The highest BCUT2D eigenvalue weighted by Gasteiger charge is 2.20. The molecule has 1 atom stereocenters. The van der Waals surface area contributed by atoms with Gasteiger partial charge in [-0.1, -0.05) is 6.92 Å². The van der Waals surface area contributed by atoms with Crippen molar-refractivity contribution in [2.45, 2.75) is 52.0 Å². The predicted molar refractivity (Wildman–Crippen MR) is 77.2 cm³/mol. The van der Waals surface area contributed by atoms with E-state index in [4.69, 9.17) is 4.74 Å². The van der Waals surface area contributed by atoms with E-state index >= 15 is 0 Å². The molecule has 0 heterocycles. The molecule has 5 heteroatoms. The lowest BCUT2D eigenvalue weighted by molar-refractivity contribution is 0.337. The average Bonchev–Trinajstić information content (AvgIpc) is 2.32. The third kappa shape index (κ3) is 3.94. The van der Waals surface area contributed by atoms with Crippen LogP contribution in [0.3, 0.4) is 0 Å². The maximum atomic E-state index is 12.3. The van der Waals surface area contributed by atoms with E-state index in [1.165, 1.54) is 0 Å². The number of aryl methyl sites for hydroxylation is 2. The highest BCUT2D eigenvalue weighted by molar-refractivity contribution is 7.89. The second kappa shape index (κ2) is 6.39. The zero-order valence-corrected chi connectivity index (χ0v) is 13.1. The normalized spacial score (nSPS) is 13.3. The first-order chi connectivity index (χ1) is 8.81. The highest BCUT2D eigenvalue weighted by atomic mass is 32.2. The van der Waals surface area contributed by atoms with Crippen molar-refractivity contribution in [3.05, 3.63) is 23.3 Å². The Morgan fingerprint density at radius 2 is 1.84 bits per heavy atom. The summed E-state index contributed by atoms with van der Waals surface area (Å²) < 4.78 is 32.7. The van der Waals surface area contributed by atoms with Gasteiger partial charge < -0.3 is 4.74 Å². The SMILES string of the molecule is CCOc1cc(C)c(S(=O)(=O)N[C@@H](C)CC)cc1C. The summed E-state index contributed by atoms with van der Waals surface area (Å²) in [7, 11) is -3.46. The molecule has 0 aliphatic carbocycles. The predicted octanol–water partition coefficient (Wildman–Crippen LogP) is 2.78. The monoisotopic (exact) mass is 285 g/mol. The van der Waals surface area contributed by atoms with Crippen LogP contribution in [0, 0.1) is 13.8 Å². The fraction of sp³-hybridized carbons (Fsp3) is 0.571. The van der Waals surface area contributed by atoms with Crippen LogP contribution in [-0.4, -0.2) is 21.1 Å². The molecule has 0 fully saturated rings. The number of hydrogen-bond acceptors (Lipinski definition) is 3. The minimum absolute atomic E-state index is 0.0729. The second-order valence-corrected chi connectivity index (χ2v) is 6.43. The number of benzene rings is 1. The van der Waals surface area contributed by atoms with Crippen LogP contribution >= 0.6 is 0 Å². The van der Waals surface area contributed by atoms with Crippen molar-refractivity contribution in [3.8, 4) is 5.75 Å². The lowest BCUT2D eigenvalue weighted by Crippen LogP contribution is -2.32. The van der Waals surface area contributed by atoms with Gasteiger partial charge in [0.05, 0.1) is 11.5 Å². The molecule has 0 bridgehead atoms. The fourth-order valence-corrected chi connectivity index (χ4v) is 3.41. The number of hydrogen-bond donors (Lipinski definition) is 1. The van der Waals surface area contributed by atoms with Gasteiger partial charge in [-0.3, -0.25) is 0 Å². The smallest absolute Gasteiger partial charge is 0.241 e. The molecular formula is C14H23NO3S. The van der Waals surface area contributed by atoms with Gasteiger partial charge in [0, 0.05) is 6.04 Å². The van der Waals surface area contributed by atoms with E-state index in [0.717, 1.165) is 17.7 Å². The zero-order chi connectivity index (χ0) is 14.6. The van der Waals surface area contributed by atoms with Gasteiger partial charge in [0.1, 0.15) is 5.75 Å². The van der Waals surface area contributed by atoms with Crippen LogP contribution in [0.4, 0.5) is 0 Å². The molecule has 1 rings (SSSR count). The Morgan fingerprint density at radius 3 is 2.37 bits per heavy atom. The topological polar surface area (TPSA) is 55.4 Å². The quantitative estimate of drug-likeness (QED) is 0.874. The molecule has 0 aromatic heterocycles. The van der Waals surface area contributed by atoms with Gasteiger partial charge in [-0.05, 0) is 57.4 Å².